The molecule has 2 aliphatic carbocycles. The van der Waals surface area contributed by atoms with E-state index in [0.717, 1.165) is 32.1 Å². The van der Waals surface area contributed by atoms with Gasteiger partial charge in [0.1, 0.15) is 0 Å². The topological polar surface area (TPSA) is 101 Å². The minimum Gasteiger partial charge on any atom is -0.324 e. The molecule has 0 unspecified atom stereocenters. The zero-order valence-corrected chi connectivity index (χ0v) is 14.8. The summed E-state index contributed by atoms with van der Waals surface area (Å²) in [4.78, 5) is 12.7. The molecule has 2 saturated carbocycles. The van der Waals surface area contributed by atoms with Gasteiger partial charge >= 0.3 is 0 Å². The monoisotopic (exact) mass is 351 g/mol. The summed E-state index contributed by atoms with van der Waals surface area (Å²) < 4.78 is 27.6. The summed E-state index contributed by atoms with van der Waals surface area (Å²) in [6.45, 7) is 1.75. The maximum absolute atomic E-state index is 12.5. The van der Waals surface area contributed by atoms with Crippen molar-refractivity contribution in [2.24, 2.45) is 5.73 Å². The van der Waals surface area contributed by atoms with Gasteiger partial charge in [0.15, 0.2) is 0 Å². The molecule has 1 amide bonds. The molecule has 6 nitrogen and oxygen atoms in total. The number of carbonyl (C=O) groups is 1. The molecule has 0 atom stereocenters. The summed E-state index contributed by atoms with van der Waals surface area (Å²) in [7, 11) is -3.56. The lowest BCUT2D eigenvalue weighted by atomic mass is 9.82. The molecule has 132 valence electrons. The second-order valence-electron chi connectivity index (χ2n) is 7.05. The fourth-order valence-electron chi connectivity index (χ4n) is 3.12. The number of aryl methyl sites for hydroxylation is 1. The normalized spacial score (nSPS) is 20.6. The number of sulfonamides is 1. The Morgan fingerprint density at radius 1 is 1.21 bits per heavy atom. The molecule has 4 N–H and O–H groups in total. The summed E-state index contributed by atoms with van der Waals surface area (Å²) in [6.07, 6.45) is 6.09. The van der Waals surface area contributed by atoms with Crippen LogP contribution in [0.4, 0.5) is 5.69 Å². The minimum absolute atomic E-state index is 0.0437. The van der Waals surface area contributed by atoms with Gasteiger partial charge in [-0.1, -0.05) is 25.3 Å². The van der Waals surface area contributed by atoms with Crippen LogP contribution in [0.1, 0.15) is 50.5 Å². The maximum atomic E-state index is 12.5. The standard InChI is InChI=1S/C17H25N3O3S/c1-12-5-6-14(11-15(12)24(22,23)20-13-7-8-13)19-16(21)17(18)9-3-2-4-10-17/h5-6,11,13,20H,2-4,7-10,18H2,1H3,(H,19,21). The van der Waals surface area contributed by atoms with Crippen molar-refractivity contribution < 1.29 is 13.2 Å². The van der Waals surface area contributed by atoms with E-state index in [0.29, 0.717) is 24.1 Å². The molecule has 0 aliphatic heterocycles. The second kappa shape index (κ2) is 6.46. The molecule has 0 bridgehead atoms. The smallest absolute Gasteiger partial charge is 0.244 e. The SMILES string of the molecule is Cc1ccc(NC(=O)C2(N)CCCCC2)cc1S(=O)(=O)NC1CC1. The second-order valence-corrected chi connectivity index (χ2v) is 8.73. The largest absolute Gasteiger partial charge is 0.324 e. The Bertz CT molecular complexity index is 735. The lowest BCUT2D eigenvalue weighted by Crippen LogP contribution is -2.52. The van der Waals surface area contributed by atoms with E-state index >= 15 is 0 Å². The van der Waals surface area contributed by atoms with Crippen molar-refractivity contribution in [2.75, 3.05) is 5.32 Å². The van der Waals surface area contributed by atoms with Crippen LogP contribution >= 0.6 is 0 Å². The number of nitrogens with one attached hydrogen (secondary N) is 2. The fourth-order valence-corrected chi connectivity index (χ4v) is 4.69. The molecule has 2 fully saturated rings. The molecule has 0 aromatic heterocycles. The number of nitrogens with two attached hydrogens (primary N) is 1. The number of carbonyl (C=O) groups excluding carboxylic acids is 1. The van der Waals surface area contributed by atoms with Gasteiger partial charge < -0.3 is 11.1 Å². The Hall–Kier alpha value is -1.44. The fraction of sp³-hybridized carbons (Fsp3) is 0.588. The molecule has 24 heavy (non-hydrogen) atoms. The first-order chi connectivity index (χ1) is 11.3. The number of benzene rings is 1. The first-order valence-electron chi connectivity index (χ1n) is 8.53. The van der Waals surface area contributed by atoms with E-state index in [2.05, 4.69) is 10.0 Å². The third kappa shape index (κ3) is 3.79. The lowest BCUT2D eigenvalue weighted by Gasteiger charge is -2.31. The predicted molar refractivity (Wildman–Crippen MR) is 93.2 cm³/mol. The van der Waals surface area contributed by atoms with E-state index < -0.39 is 15.6 Å². The van der Waals surface area contributed by atoms with Crippen molar-refractivity contribution in [2.45, 2.75) is 68.3 Å². The van der Waals surface area contributed by atoms with Gasteiger partial charge in [-0.05, 0) is 50.3 Å². The van der Waals surface area contributed by atoms with Crippen molar-refractivity contribution in [3.8, 4) is 0 Å². The van der Waals surface area contributed by atoms with Gasteiger partial charge in [0.2, 0.25) is 15.9 Å². The molecule has 2 aliphatic rings. The third-order valence-corrected chi connectivity index (χ3v) is 6.50. The number of rotatable bonds is 5. The molecule has 0 saturated heterocycles. The van der Waals surface area contributed by atoms with Crippen LogP contribution in [0.2, 0.25) is 0 Å². The molecular formula is C17H25N3O3S. The third-order valence-electron chi connectivity index (χ3n) is 4.83. The molecular weight excluding hydrogens is 326 g/mol. The number of amides is 1. The maximum Gasteiger partial charge on any atom is 0.244 e. The zero-order valence-electron chi connectivity index (χ0n) is 14.0. The minimum atomic E-state index is -3.56. The molecule has 1 aromatic carbocycles. The van der Waals surface area contributed by atoms with Crippen LogP contribution in [0.15, 0.2) is 23.1 Å². The number of hydrogen-bond acceptors (Lipinski definition) is 4. The molecule has 7 heteroatoms. The van der Waals surface area contributed by atoms with Gasteiger partial charge in [0, 0.05) is 11.7 Å². The van der Waals surface area contributed by atoms with Crippen LogP contribution in [0.3, 0.4) is 0 Å². The van der Waals surface area contributed by atoms with Crippen LogP contribution < -0.4 is 15.8 Å². The van der Waals surface area contributed by atoms with Gasteiger partial charge in [0.05, 0.1) is 10.4 Å². The van der Waals surface area contributed by atoms with Gasteiger partial charge in [-0.15, -0.1) is 0 Å². The van der Waals surface area contributed by atoms with E-state index in [-0.39, 0.29) is 16.8 Å². The first kappa shape index (κ1) is 17.4. The lowest BCUT2D eigenvalue weighted by molar-refractivity contribution is -0.122. The Balaban J connectivity index is 1.79. The average molecular weight is 351 g/mol. The number of anilines is 1. The van der Waals surface area contributed by atoms with Crippen LogP contribution in [0.25, 0.3) is 0 Å². The van der Waals surface area contributed by atoms with E-state index in [1.54, 1.807) is 19.1 Å². The highest BCUT2D eigenvalue weighted by Crippen LogP contribution is 2.29. The summed E-state index contributed by atoms with van der Waals surface area (Å²) in [5, 5.41) is 2.80. The number of hydrogen-bond donors (Lipinski definition) is 3. The highest BCUT2D eigenvalue weighted by Gasteiger charge is 2.35. The van der Waals surface area contributed by atoms with Crippen molar-refractivity contribution in [3.05, 3.63) is 23.8 Å². The van der Waals surface area contributed by atoms with E-state index in [1.807, 2.05) is 0 Å². The molecule has 0 spiro atoms. The Morgan fingerprint density at radius 3 is 2.50 bits per heavy atom. The Kier molecular flexibility index (Phi) is 4.68. The van der Waals surface area contributed by atoms with Crippen LogP contribution in [-0.2, 0) is 14.8 Å². The summed E-state index contributed by atoms with van der Waals surface area (Å²) in [5.74, 6) is -0.232. The van der Waals surface area contributed by atoms with Crippen molar-refractivity contribution >= 4 is 21.6 Å². The zero-order chi connectivity index (χ0) is 17.4. The summed E-state index contributed by atoms with van der Waals surface area (Å²) in [5.41, 5.74) is 6.51. The summed E-state index contributed by atoms with van der Waals surface area (Å²) >= 11 is 0. The Labute approximate surface area is 143 Å². The summed E-state index contributed by atoms with van der Waals surface area (Å²) in [6, 6.07) is 4.99. The van der Waals surface area contributed by atoms with Gasteiger partial charge in [-0.3, -0.25) is 4.79 Å². The van der Waals surface area contributed by atoms with Crippen molar-refractivity contribution in [1.82, 2.24) is 4.72 Å². The van der Waals surface area contributed by atoms with E-state index in [1.165, 1.54) is 6.07 Å². The highest BCUT2D eigenvalue weighted by atomic mass is 32.2. The molecule has 1 aromatic rings. The predicted octanol–water partition coefficient (Wildman–Crippen LogP) is 2.04. The Morgan fingerprint density at radius 2 is 1.88 bits per heavy atom. The van der Waals surface area contributed by atoms with E-state index in [9.17, 15) is 13.2 Å². The van der Waals surface area contributed by atoms with Gasteiger partial charge in [0.25, 0.3) is 0 Å². The molecule has 0 heterocycles. The average Bonchev–Trinajstić information content (AvgIpc) is 3.33. The van der Waals surface area contributed by atoms with Crippen molar-refractivity contribution in [1.29, 1.82) is 0 Å². The van der Waals surface area contributed by atoms with Crippen LogP contribution in [-0.4, -0.2) is 25.9 Å². The molecule has 0 radical (unpaired) electrons. The quantitative estimate of drug-likeness (QED) is 0.755. The first-order valence-corrected chi connectivity index (χ1v) is 10.0. The van der Waals surface area contributed by atoms with E-state index in [4.69, 9.17) is 5.73 Å². The highest BCUT2D eigenvalue weighted by molar-refractivity contribution is 7.89. The molecule has 3 rings (SSSR count). The van der Waals surface area contributed by atoms with Gasteiger partial charge in [-0.2, -0.15) is 0 Å². The van der Waals surface area contributed by atoms with Crippen molar-refractivity contribution in [3.63, 3.8) is 0 Å². The van der Waals surface area contributed by atoms with Gasteiger partial charge in [-0.25, -0.2) is 13.1 Å². The van der Waals surface area contributed by atoms with Crippen LogP contribution in [0.5, 0.6) is 0 Å². The van der Waals surface area contributed by atoms with Crippen LogP contribution in [0, 0.1) is 6.92 Å².